The van der Waals surface area contributed by atoms with Gasteiger partial charge in [0.2, 0.25) is 0 Å². The molecule has 1 aromatic carbocycles. The molecule has 0 saturated heterocycles. The van der Waals surface area contributed by atoms with Gasteiger partial charge in [-0.05, 0) is 44.4 Å². The SMILES string of the molecule is Fc1ccc(-n2cc(C#CSI)c(Cl)n2)cc1. The van der Waals surface area contributed by atoms with E-state index in [1.54, 1.807) is 23.0 Å². The maximum atomic E-state index is 12.8. The van der Waals surface area contributed by atoms with Gasteiger partial charge in [0.1, 0.15) is 5.82 Å². The summed E-state index contributed by atoms with van der Waals surface area (Å²) in [5, 5.41) is 7.28. The van der Waals surface area contributed by atoms with Crippen LogP contribution < -0.4 is 0 Å². The van der Waals surface area contributed by atoms with Crippen molar-refractivity contribution in [1.82, 2.24) is 9.78 Å². The minimum atomic E-state index is -0.284. The highest BCUT2D eigenvalue weighted by Gasteiger charge is 2.05. The monoisotopic (exact) mass is 378 g/mol. The van der Waals surface area contributed by atoms with E-state index in [0.29, 0.717) is 10.7 Å². The zero-order valence-corrected chi connectivity index (χ0v) is 12.1. The van der Waals surface area contributed by atoms with Crippen LogP contribution in [0.15, 0.2) is 30.5 Å². The minimum Gasteiger partial charge on any atom is -0.238 e. The highest BCUT2D eigenvalue weighted by Crippen LogP contribution is 2.17. The molecule has 2 aromatic rings. The molecule has 17 heavy (non-hydrogen) atoms. The van der Waals surface area contributed by atoms with Crippen LogP contribution in [-0.4, -0.2) is 9.78 Å². The molecule has 0 unspecified atom stereocenters. The van der Waals surface area contributed by atoms with Crippen LogP contribution in [-0.2, 0) is 0 Å². The van der Waals surface area contributed by atoms with Gasteiger partial charge in [-0.1, -0.05) is 11.6 Å². The summed E-state index contributed by atoms with van der Waals surface area (Å²) in [6.07, 6.45) is 1.72. The van der Waals surface area contributed by atoms with E-state index in [9.17, 15) is 4.39 Å². The zero-order valence-electron chi connectivity index (χ0n) is 8.32. The molecule has 0 aliphatic heterocycles. The van der Waals surface area contributed by atoms with Gasteiger partial charge >= 0.3 is 0 Å². The average Bonchev–Trinajstić information content (AvgIpc) is 2.69. The highest BCUT2D eigenvalue weighted by molar-refractivity contribution is 14.2. The summed E-state index contributed by atoms with van der Waals surface area (Å²) >= 11 is 8.02. The molecule has 2 nitrogen and oxygen atoms in total. The van der Waals surface area contributed by atoms with Crippen LogP contribution in [0.2, 0.25) is 5.15 Å². The molecule has 0 N–H and O–H groups in total. The van der Waals surface area contributed by atoms with Crippen molar-refractivity contribution in [2.75, 3.05) is 0 Å². The third-order valence-electron chi connectivity index (χ3n) is 1.98. The fraction of sp³-hybridized carbons (Fsp3) is 0. The van der Waals surface area contributed by atoms with Crippen LogP contribution in [0.1, 0.15) is 5.56 Å². The molecule has 0 spiro atoms. The van der Waals surface area contributed by atoms with Crippen molar-refractivity contribution in [3.05, 3.63) is 47.0 Å². The zero-order chi connectivity index (χ0) is 12.3. The number of benzene rings is 1. The van der Waals surface area contributed by atoms with E-state index in [4.69, 9.17) is 11.6 Å². The lowest BCUT2D eigenvalue weighted by atomic mass is 10.3. The summed E-state index contributed by atoms with van der Waals surface area (Å²) in [5.74, 6) is 2.60. The molecule has 1 heterocycles. The molecule has 2 rings (SSSR count). The van der Waals surface area contributed by atoms with Gasteiger partial charge < -0.3 is 0 Å². The molecular weight excluding hydrogens is 374 g/mol. The molecular formula is C11H5ClFIN2S. The number of hydrogen-bond donors (Lipinski definition) is 0. The first-order valence-electron chi connectivity index (χ1n) is 4.50. The van der Waals surface area contributed by atoms with E-state index < -0.39 is 0 Å². The molecule has 86 valence electrons. The molecule has 0 atom stereocenters. The molecule has 0 saturated carbocycles. The van der Waals surface area contributed by atoms with Gasteiger partial charge in [-0.25, -0.2) is 9.07 Å². The lowest BCUT2D eigenvalue weighted by Crippen LogP contribution is -1.93. The summed E-state index contributed by atoms with van der Waals surface area (Å²) in [5.41, 5.74) is 1.39. The number of aromatic nitrogens is 2. The Morgan fingerprint density at radius 1 is 1.35 bits per heavy atom. The van der Waals surface area contributed by atoms with Crippen LogP contribution in [0.25, 0.3) is 5.69 Å². The topological polar surface area (TPSA) is 17.8 Å². The van der Waals surface area contributed by atoms with Crippen LogP contribution in [0, 0.1) is 17.0 Å². The van der Waals surface area contributed by atoms with E-state index in [-0.39, 0.29) is 5.82 Å². The maximum absolute atomic E-state index is 12.8. The quantitative estimate of drug-likeness (QED) is 0.550. The Balaban J connectivity index is 2.37. The third kappa shape index (κ3) is 3.15. The van der Waals surface area contributed by atoms with Crippen molar-refractivity contribution < 1.29 is 4.39 Å². The van der Waals surface area contributed by atoms with Gasteiger partial charge in [-0.15, -0.1) is 0 Å². The van der Waals surface area contributed by atoms with Gasteiger partial charge in [0, 0.05) is 27.4 Å². The van der Waals surface area contributed by atoms with Crippen LogP contribution in [0.3, 0.4) is 0 Å². The molecule has 1 aromatic heterocycles. The second kappa shape index (κ2) is 5.76. The van der Waals surface area contributed by atoms with E-state index in [0.717, 1.165) is 5.69 Å². The minimum absolute atomic E-state index is 0.284. The predicted octanol–water partition coefficient (Wildman–Crippen LogP) is 4.06. The molecule has 0 bridgehead atoms. The summed E-state index contributed by atoms with van der Waals surface area (Å²) in [6, 6.07) is 6.00. The van der Waals surface area contributed by atoms with Gasteiger partial charge in [-0.3, -0.25) is 0 Å². The fourth-order valence-electron chi connectivity index (χ4n) is 1.24. The molecule has 0 aliphatic carbocycles. The van der Waals surface area contributed by atoms with Crippen molar-refractivity contribution in [3.63, 3.8) is 0 Å². The third-order valence-corrected chi connectivity index (χ3v) is 3.10. The summed E-state index contributed by atoms with van der Waals surface area (Å²) in [6.45, 7) is 0. The number of halogens is 3. The van der Waals surface area contributed by atoms with E-state index >= 15 is 0 Å². The Kier molecular flexibility index (Phi) is 4.31. The first kappa shape index (κ1) is 12.7. The van der Waals surface area contributed by atoms with Gasteiger partial charge in [0.25, 0.3) is 0 Å². The van der Waals surface area contributed by atoms with Crippen molar-refractivity contribution >= 4 is 41.7 Å². The summed E-state index contributed by atoms with van der Waals surface area (Å²) in [7, 11) is 1.38. The first-order valence-corrected chi connectivity index (χ1v) is 8.24. The lowest BCUT2D eigenvalue weighted by Gasteiger charge is -1.99. The highest BCUT2D eigenvalue weighted by atomic mass is 127. The fourth-order valence-corrected chi connectivity index (χ4v) is 1.89. The Bertz CT molecular complexity index is 586. The van der Waals surface area contributed by atoms with Crippen LogP contribution in [0.4, 0.5) is 4.39 Å². The molecule has 0 aliphatic rings. The predicted molar refractivity (Wildman–Crippen MR) is 77.0 cm³/mol. The van der Waals surface area contributed by atoms with Crippen molar-refractivity contribution in [1.29, 1.82) is 0 Å². The lowest BCUT2D eigenvalue weighted by molar-refractivity contribution is 0.627. The second-order valence-corrected chi connectivity index (χ2v) is 5.10. The van der Waals surface area contributed by atoms with Crippen molar-refractivity contribution in [3.8, 4) is 16.9 Å². The Morgan fingerprint density at radius 2 is 2.06 bits per heavy atom. The molecule has 0 fully saturated rings. The normalized spacial score (nSPS) is 9.82. The largest absolute Gasteiger partial charge is 0.238 e. The summed E-state index contributed by atoms with van der Waals surface area (Å²) in [4.78, 5) is 0. The van der Waals surface area contributed by atoms with E-state index in [2.05, 4.69) is 37.5 Å². The van der Waals surface area contributed by atoms with Gasteiger partial charge in [0.15, 0.2) is 5.15 Å². The average molecular weight is 379 g/mol. The van der Waals surface area contributed by atoms with Crippen LogP contribution in [0.5, 0.6) is 0 Å². The number of rotatable bonds is 1. The second-order valence-electron chi connectivity index (χ2n) is 3.06. The Hall–Kier alpha value is -0.710. The molecule has 0 radical (unpaired) electrons. The Morgan fingerprint density at radius 3 is 2.71 bits per heavy atom. The van der Waals surface area contributed by atoms with Gasteiger partial charge in [-0.2, -0.15) is 5.10 Å². The molecule has 6 heteroatoms. The summed E-state index contributed by atoms with van der Waals surface area (Å²) < 4.78 is 14.3. The van der Waals surface area contributed by atoms with Crippen LogP contribution >= 0.6 is 41.7 Å². The van der Waals surface area contributed by atoms with Crippen molar-refractivity contribution in [2.45, 2.75) is 0 Å². The number of nitrogens with zero attached hydrogens (tertiary/aromatic N) is 2. The maximum Gasteiger partial charge on any atom is 0.167 e. The first-order chi connectivity index (χ1) is 8.20. The van der Waals surface area contributed by atoms with E-state index in [1.807, 2.05) is 0 Å². The molecule has 0 amide bonds. The smallest absolute Gasteiger partial charge is 0.167 e. The van der Waals surface area contributed by atoms with E-state index in [1.165, 1.54) is 21.1 Å². The standard InChI is InChI=1S/C11H5ClFIN2S/c12-11-8(5-6-17-14)7-16(15-11)10-3-1-9(13)2-4-10/h1-4,7H. The number of hydrogen-bond acceptors (Lipinski definition) is 2. The Labute approximate surface area is 119 Å². The van der Waals surface area contributed by atoms with Gasteiger partial charge in [0.05, 0.1) is 11.3 Å². The van der Waals surface area contributed by atoms with Crippen molar-refractivity contribution in [2.24, 2.45) is 0 Å².